The van der Waals surface area contributed by atoms with Crippen molar-refractivity contribution < 1.29 is 9.53 Å². The third kappa shape index (κ3) is 3.20. The average molecular weight is 353 g/mol. The summed E-state index contributed by atoms with van der Waals surface area (Å²) in [5, 5.41) is 0.902. The van der Waals surface area contributed by atoms with Gasteiger partial charge in [0, 0.05) is 17.1 Å². The monoisotopic (exact) mass is 353 g/mol. The first-order valence-electron chi connectivity index (χ1n) is 8.85. The second-order valence-corrected chi connectivity index (χ2v) is 6.33. The number of rotatable bonds is 5. The molecule has 0 aliphatic carbocycles. The van der Waals surface area contributed by atoms with Gasteiger partial charge < -0.3 is 4.74 Å². The Morgan fingerprint density at radius 3 is 2.26 bits per heavy atom. The van der Waals surface area contributed by atoms with Gasteiger partial charge in [-0.1, -0.05) is 66.7 Å². The number of fused-ring (bicyclic) bond motifs is 1. The number of ketones is 1. The van der Waals surface area contributed by atoms with Crippen molar-refractivity contribution in [3.05, 3.63) is 108 Å². The molecule has 3 aromatic carbocycles. The number of benzene rings is 3. The molecule has 3 heteroatoms. The maximum Gasteiger partial charge on any atom is 0.174 e. The van der Waals surface area contributed by atoms with Gasteiger partial charge in [-0.25, -0.2) is 0 Å². The first-order valence-corrected chi connectivity index (χ1v) is 8.85. The smallest absolute Gasteiger partial charge is 0.174 e. The summed E-state index contributed by atoms with van der Waals surface area (Å²) in [6, 6.07) is 27.0. The predicted molar refractivity (Wildman–Crippen MR) is 107 cm³/mol. The van der Waals surface area contributed by atoms with Crippen molar-refractivity contribution in [2.45, 2.75) is 5.92 Å². The van der Waals surface area contributed by atoms with Gasteiger partial charge in [-0.15, -0.1) is 0 Å². The van der Waals surface area contributed by atoms with Gasteiger partial charge in [-0.05, 0) is 29.3 Å². The summed E-state index contributed by atoms with van der Waals surface area (Å²) in [7, 11) is 1.64. The third-order valence-electron chi connectivity index (χ3n) is 4.75. The topological polar surface area (TPSA) is 39.2 Å². The minimum absolute atomic E-state index is 0.0546. The fourth-order valence-electron chi connectivity index (χ4n) is 3.47. The minimum Gasteiger partial charge on any atom is -0.496 e. The van der Waals surface area contributed by atoms with Crippen molar-refractivity contribution in [3.8, 4) is 5.75 Å². The highest BCUT2D eigenvalue weighted by Crippen LogP contribution is 2.36. The van der Waals surface area contributed by atoms with Crippen LogP contribution in [0.25, 0.3) is 10.9 Å². The number of carbonyl (C=O) groups excluding carboxylic acids is 1. The maximum atomic E-state index is 13.5. The van der Waals surface area contributed by atoms with Gasteiger partial charge in [0.25, 0.3) is 0 Å². The van der Waals surface area contributed by atoms with E-state index in [1.165, 1.54) is 0 Å². The number of hydrogen-bond donors (Lipinski definition) is 0. The minimum atomic E-state index is -0.433. The zero-order chi connectivity index (χ0) is 18.6. The van der Waals surface area contributed by atoms with E-state index in [1.807, 2.05) is 84.9 Å². The molecule has 1 aromatic heterocycles. The molecular weight excluding hydrogens is 334 g/mol. The van der Waals surface area contributed by atoms with Crippen LogP contribution >= 0.6 is 0 Å². The molecule has 3 nitrogen and oxygen atoms in total. The number of aromatic nitrogens is 1. The average Bonchev–Trinajstić information content (AvgIpc) is 2.75. The summed E-state index contributed by atoms with van der Waals surface area (Å²) < 4.78 is 5.49. The standard InChI is InChI=1S/C24H19NO2/c1-27-21-15-14-20(23-19(21)13-8-16-25-23)22(17-9-4-2-5-10-17)24(26)18-11-6-3-7-12-18/h2-16,22H,1H3. The van der Waals surface area contributed by atoms with E-state index in [9.17, 15) is 4.79 Å². The van der Waals surface area contributed by atoms with Crippen molar-refractivity contribution >= 4 is 16.7 Å². The molecule has 4 aromatic rings. The molecular formula is C24H19NO2. The molecule has 0 bridgehead atoms. The summed E-state index contributed by atoms with van der Waals surface area (Å²) in [5.41, 5.74) is 3.30. The Kier molecular flexibility index (Phi) is 4.67. The highest BCUT2D eigenvalue weighted by Gasteiger charge is 2.26. The number of Topliss-reactive ketones (excluding diaryl/α,β-unsaturated/α-hetero) is 1. The molecule has 0 radical (unpaired) electrons. The van der Waals surface area contributed by atoms with Gasteiger partial charge in [0.15, 0.2) is 5.78 Å². The summed E-state index contributed by atoms with van der Waals surface area (Å²) in [6.45, 7) is 0. The van der Waals surface area contributed by atoms with Crippen LogP contribution in [0.15, 0.2) is 91.1 Å². The highest BCUT2D eigenvalue weighted by molar-refractivity contribution is 6.05. The van der Waals surface area contributed by atoms with E-state index in [1.54, 1.807) is 13.3 Å². The Morgan fingerprint density at radius 2 is 1.56 bits per heavy atom. The van der Waals surface area contributed by atoms with E-state index in [-0.39, 0.29) is 5.78 Å². The van der Waals surface area contributed by atoms with Crippen molar-refractivity contribution in [1.29, 1.82) is 0 Å². The lowest BCUT2D eigenvalue weighted by molar-refractivity contribution is 0.0974. The fourth-order valence-corrected chi connectivity index (χ4v) is 3.47. The van der Waals surface area contributed by atoms with Crippen LogP contribution in [0, 0.1) is 0 Å². The molecule has 1 heterocycles. The largest absolute Gasteiger partial charge is 0.496 e. The fraction of sp³-hybridized carbons (Fsp3) is 0.0833. The van der Waals surface area contributed by atoms with Crippen molar-refractivity contribution in [2.75, 3.05) is 7.11 Å². The van der Waals surface area contributed by atoms with Crippen LogP contribution in [0.5, 0.6) is 5.75 Å². The Balaban J connectivity index is 1.95. The quantitative estimate of drug-likeness (QED) is 0.460. The number of carbonyl (C=O) groups is 1. The molecule has 0 spiro atoms. The van der Waals surface area contributed by atoms with E-state index in [0.717, 1.165) is 27.8 Å². The van der Waals surface area contributed by atoms with E-state index in [0.29, 0.717) is 5.56 Å². The molecule has 0 saturated heterocycles. The molecule has 1 unspecified atom stereocenters. The Bertz CT molecular complexity index is 1080. The van der Waals surface area contributed by atoms with Crippen LogP contribution < -0.4 is 4.74 Å². The van der Waals surface area contributed by atoms with Crippen LogP contribution in [0.4, 0.5) is 0 Å². The van der Waals surface area contributed by atoms with E-state index >= 15 is 0 Å². The molecule has 0 saturated carbocycles. The van der Waals surface area contributed by atoms with Crippen LogP contribution in [0.2, 0.25) is 0 Å². The first kappa shape index (κ1) is 17.0. The van der Waals surface area contributed by atoms with Crippen LogP contribution in [0.1, 0.15) is 27.4 Å². The molecule has 0 aliphatic rings. The zero-order valence-corrected chi connectivity index (χ0v) is 15.0. The van der Waals surface area contributed by atoms with Gasteiger partial charge in [0.2, 0.25) is 0 Å². The number of ether oxygens (including phenoxy) is 1. The Labute approximate surface area is 158 Å². The molecule has 0 fully saturated rings. The lowest BCUT2D eigenvalue weighted by atomic mass is 9.83. The summed E-state index contributed by atoms with van der Waals surface area (Å²) in [5.74, 6) is 0.372. The molecule has 0 amide bonds. The van der Waals surface area contributed by atoms with Gasteiger partial charge in [-0.3, -0.25) is 9.78 Å². The third-order valence-corrected chi connectivity index (χ3v) is 4.75. The highest BCUT2D eigenvalue weighted by atomic mass is 16.5. The maximum absolute atomic E-state index is 13.5. The number of hydrogen-bond acceptors (Lipinski definition) is 3. The van der Waals surface area contributed by atoms with Crippen LogP contribution in [-0.2, 0) is 0 Å². The summed E-state index contributed by atoms with van der Waals surface area (Å²) in [4.78, 5) is 18.1. The van der Waals surface area contributed by atoms with Crippen molar-refractivity contribution in [2.24, 2.45) is 0 Å². The number of nitrogens with zero attached hydrogens (tertiary/aromatic N) is 1. The lowest BCUT2D eigenvalue weighted by Crippen LogP contribution is -2.15. The van der Waals surface area contributed by atoms with Crippen LogP contribution in [0.3, 0.4) is 0 Å². The molecule has 4 rings (SSSR count). The van der Waals surface area contributed by atoms with E-state index < -0.39 is 5.92 Å². The molecule has 132 valence electrons. The second-order valence-electron chi connectivity index (χ2n) is 6.33. The van der Waals surface area contributed by atoms with Gasteiger partial charge in [-0.2, -0.15) is 0 Å². The molecule has 1 atom stereocenters. The number of pyridine rings is 1. The van der Waals surface area contributed by atoms with E-state index in [2.05, 4.69) is 4.98 Å². The molecule has 27 heavy (non-hydrogen) atoms. The SMILES string of the molecule is COc1ccc(C(C(=O)c2ccccc2)c2ccccc2)c2ncccc12. The van der Waals surface area contributed by atoms with Gasteiger partial charge in [0.05, 0.1) is 18.5 Å². The molecule has 0 N–H and O–H groups in total. The van der Waals surface area contributed by atoms with E-state index in [4.69, 9.17) is 4.74 Å². The van der Waals surface area contributed by atoms with Crippen molar-refractivity contribution in [3.63, 3.8) is 0 Å². The normalized spacial score (nSPS) is 11.9. The Morgan fingerprint density at radius 1 is 0.852 bits per heavy atom. The predicted octanol–water partition coefficient (Wildman–Crippen LogP) is 5.26. The summed E-state index contributed by atoms with van der Waals surface area (Å²) in [6.07, 6.45) is 1.75. The zero-order valence-electron chi connectivity index (χ0n) is 15.0. The molecule has 0 aliphatic heterocycles. The van der Waals surface area contributed by atoms with Gasteiger partial charge in [0.1, 0.15) is 5.75 Å². The lowest BCUT2D eigenvalue weighted by Gasteiger charge is -2.19. The first-order chi connectivity index (χ1) is 13.3. The second kappa shape index (κ2) is 7.42. The Hall–Kier alpha value is -3.46. The summed E-state index contributed by atoms with van der Waals surface area (Å²) >= 11 is 0. The van der Waals surface area contributed by atoms with Crippen LogP contribution in [-0.4, -0.2) is 17.9 Å². The van der Waals surface area contributed by atoms with Gasteiger partial charge >= 0.3 is 0 Å². The number of methoxy groups -OCH3 is 1. The van der Waals surface area contributed by atoms with Crippen molar-refractivity contribution in [1.82, 2.24) is 4.98 Å².